The summed E-state index contributed by atoms with van der Waals surface area (Å²) in [7, 11) is 0. The summed E-state index contributed by atoms with van der Waals surface area (Å²) in [6.07, 6.45) is 7.73. The van der Waals surface area contributed by atoms with Gasteiger partial charge in [-0.05, 0) is 41.9 Å². The van der Waals surface area contributed by atoms with E-state index in [2.05, 4.69) is 5.32 Å². The van der Waals surface area contributed by atoms with E-state index in [1.54, 1.807) is 0 Å². The number of amides is 1. The molecule has 0 spiro atoms. The first-order valence-corrected chi connectivity index (χ1v) is 7.19. The van der Waals surface area contributed by atoms with Gasteiger partial charge >= 0.3 is 0 Å². The van der Waals surface area contributed by atoms with Crippen molar-refractivity contribution in [1.82, 2.24) is 5.32 Å². The number of carbonyl (C=O) groups is 2. The zero-order chi connectivity index (χ0) is 12.2. The highest BCUT2D eigenvalue weighted by Gasteiger charge is 1.98. The van der Waals surface area contributed by atoms with Gasteiger partial charge in [-0.3, -0.25) is 9.59 Å². The summed E-state index contributed by atoms with van der Waals surface area (Å²) in [5.41, 5.74) is 0. The van der Waals surface area contributed by atoms with E-state index in [0.29, 0.717) is 12.8 Å². The minimum absolute atomic E-state index is 0.165. The van der Waals surface area contributed by atoms with Gasteiger partial charge in [-0.1, -0.05) is 26.2 Å². The lowest BCUT2D eigenvalue weighted by molar-refractivity contribution is -0.121. The Labute approximate surface area is 112 Å². The number of hydrogen-bond acceptors (Lipinski definition) is 2. The van der Waals surface area contributed by atoms with Crippen LogP contribution in [0.15, 0.2) is 0 Å². The monoisotopic (exact) mass is 339 g/mol. The Morgan fingerprint density at radius 2 is 1.62 bits per heavy atom. The SMILES string of the molecule is CCCC(=O)NCCCCCCCC(=O)I. The summed E-state index contributed by atoms with van der Waals surface area (Å²) < 4.78 is 0.254. The number of carbonyl (C=O) groups excluding carboxylic acids is 2. The van der Waals surface area contributed by atoms with Crippen molar-refractivity contribution in [3.63, 3.8) is 0 Å². The maximum absolute atomic E-state index is 11.1. The van der Waals surface area contributed by atoms with Crippen LogP contribution in [0.1, 0.15) is 58.3 Å². The number of hydrogen-bond donors (Lipinski definition) is 1. The van der Waals surface area contributed by atoms with Crippen LogP contribution >= 0.6 is 22.6 Å². The molecule has 0 aromatic heterocycles. The van der Waals surface area contributed by atoms with Crippen LogP contribution < -0.4 is 5.32 Å². The third kappa shape index (κ3) is 11.9. The van der Waals surface area contributed by atoms with Crippen LogP contribution in [0.5, 0.6) is 0 Å². The van der Waals surface area contributed by atoms with E-state index < -0.39 is 0 Å². The summed E-state index contributed by atoms with van der Waals surface area (Å²) in [6.45, 7) is 2.80. The van der Waals surface area contributed by atoms with Gasteiger partial charge in [0.25, 0.3) is 0 Å². The third-order valence-electron chi connectivity index (χ3n) is 2.35. The van der Waals surface area contributed by atoms with Crippen LogP contribution in [0.3, 0.4) is 0 Å². The third-order valence-corrected chi connectivity index (χ3v) is 2.89. The molecule has 0 rings (SSSR count). The van der Waals surface area contributed by atoms with E-state index >= 15 is 0 Å². The maximum Gasteiger partial charge on any atom is 0.219 e. The number of nitrogens with one attached hydrogen (secondary N) is 1. The fourth-order valence-corrected chi connectivity index (χ4v) is 1.84. The molecule has 16 heavy (non-hydrogen) atoms. The number of rotatable bonds is 10. The molecule has 0 aromatic rings. The first-order valence-electron chi connectivity index (χ1n) is 6.11. The summed E-state index contributed by atoms with van der Waals surface area (Å²) >= 11 is 1.85. The van der Waals surface area contributed by atoms with Crippen LogP contribution in [0.4, 0.5) is 0 Å². The molecule has 0 aliphatic rings. The topological polar surface area (TPSA) is 46.2 Å². The van der Waals surface area contributed by atoms with Crippen molar-refractivity contribution in [3.05, 3.63) is 0 Å². The predicted octanol–water partition coefficient (Wildman–Crippen LogP) is 3.20. The molecule has 0 atom stereocenters. The molecule has 0 aromatic carbocycles. The molecule has 4 heteroatoms. The molecule has 0 radical (unpaired) electrons. The molecule has 1 N–H and O–H groups in total. The Kier molecular flexibility index (Phi) is 11.3. The molecule has 0 saturated carbocycles. The quantitative estimate of drug-likeness (QED) is 0.377. The van der Waals surface area contributed by atoms with Crippen molar-refractivity contribution in [1.29, 1.82) is 0 Å². The van der Waals surface area contributed by atoms with Gasteiger partial charge in [0.1, 0.15) is 0 Å². The van der Waals surface area contributed by atoms with E-state index in [0.717, 1.165) is 45.1 Å². The van der Waals surface area contributed by atoms with Gasteiger partial charge in [-0.25, -0.2) is 0 Å². The highest BCUT2D eigenvalue weighted by Crippen LogP contribution is 2.07. The van der Waals surface area contributed by atoms with Gasteiger partial charge < -0.3 is 5.32 Å². The highest BCUT2D eigenvalue weighted by atomic mass is 127. The lowest BCUT2D eigenvalue weighted by atomic mass is 10.1. The fourth-order valence-electron chi connectivity index (χ4n) is 1.46. The van der Waals surface area contributed by atoms with Crippen LogP contribution in [-0.2, 0) is 9.59 Å². The molecule has 0 aliphatic carbocycles. The van der Waals surface area contributed by atoms with E-state index in [-0.39, 0.29) is 9.70 Å². The number of unbranched alkanes of at least 4 members (excludes halogenated alkanes) is 4. The van der Waals surface area contributed by atoms with Crippen LogP contribution in [-0.4, -0.2) is 16.2 Å². The second-order valence-corrected chi connectivity index (χ2v) is 5.18. The summed E-state index contributed by atoms with van der Waals surface area (Å²) in [6, 6.07) is 0. The Hall–Kier alpha value is -0.130. The van der Waals surface area contributed by atoms with E-state index in [1.807, 2.05) is 29.5 Å². The van der Waals surface area contributed by atoms with Crippen LogP contribution in [0, 0.1) is 0 Å². The molecule has 0 aliphatic heterocycles. The Morgan fingerprint density at radius 3 is 2.25 bits per heavy atom. The van der Waals surface area contributed by atoms with Crippen molar-refractivity contribution in [3.8, 4) is 0 Å². The lowest BCUT2D eigenvalue weighted by Gasteiger charge is -2.03. The summed E-state index contributed by atoms with van der Waals surface area (Å²) in [5.74, 6) is 0.165. The molecular weight excluding hydrogens is 317 g/mol. The minimum Gasteiger partial charge on any atom is -0.356 e. The first-order chi connectivity index (χ1) is 7.66. The predicted molar refractivity (Wildman–Crippen MR) is 74.6 cm³/mol. The van der Waals surface area contributed by atoms with E-state index in [9.17, 15) is 9.59 Å². The molecule has 0 unspecified atom stereocenters. The first kappa shape index (κ1) is 15.9. The molecule has 0 heterocycles. The molecule has 0 fully saturated rings. The fraction of sp³-hybridized carbons (Fsp3) is 0.833. The van der Waals surface area contributed by atoms with Gasteiger partial charge in [0.05, 0.1) is 0 Å². The molecule has 0 saturated heterocycles. The lowest BCUT2D eigenvalue weighted by Crippen LogP contribution is -2.23. The van der Waals surface area contributed by atoms with Crippen LogP contribution in [0.25, 0.3) is 0 Å². The highest BCUT2D eigenvalue weighted by molar-refractivity contribution is 14.1. The van der Waals surface area contributed by atoms with E-state index in [4.69, 9.17) is 0 Å². The molecule has 3 nitrogen and oxygen atoms in total. The summed E-state index contributed by atoms with van der Waals surface area (Å²) in [5, 5.41) is 2.90. The molecule has 0 bridgehead atoms. The molecule has 1 amide bonds. The molecular formula is C12H22INO2. The average molecular weight is 339 g/mol. The van der Waals surface area contributed by atoms with Crippen molar-refractivity contribution in [2.75, 3.05) is 6.54 Å². The van der Waals surface area contributed by atoms with E-state index in [1.165, 1.54) is 0 Å². The zero-order valence-electron chi connectivity index (χ0n) is 10.1. The standard InChI is InChI=1S/C12H22INO2/c1-2-8-12(16)14-10-7-5-3-4-6-9-11(13)15/h2-10H2,1H3,(H,14,16). The van der Waals surface area contributed by atoms with Gasteiger partial charge in [-0.15, -0.1) is 0 Å². The summed E-state index contributed by atoms with van der Waals surface area (Å²) in [4.78, 5) is 21.8. The Bertz CT molecular complexity index is 207. The second kappa shape index (κ2) is 11.4. The average Bonchev–Trinajstić information content (AvgIpc) is 2.22. The second-order valence-electron chi connectivity index (χ2n) is 3.97. The van der Waals surface area contributed by atoms with Gasteiger partial charge in [0.15, 0.2) is 3.79 Å². The normalized spacial score (nSPS) is 10.1. The Balaban J connectivity index is 3.09. The van der Waals surface area contributed by atoms with Crippen molar-refractivity contribution in [2.45, 2.75) is 58.3 Å². The van der Waals surface area contributed by atoms with Crippen molar-refractivity contribution in [2.24, 2.45) is 0 Å². The van der Waals surface area contributed by atoms with Gasteiger partial charge in [0, 0.05) is 19.4 Å². The maximum atomic E-state index is 11.1. The van der Waals surface area contributed by atoms with Crippen molar-refractivity contribution < 1.29 is 9.59 Å². The van der Waals surface area contributed by atoms with Crippen LogP contribution in [0.2, 0.25) is 0 Å². The van der Waals surface area contributed by atoms with Crippen molar-refractivity contribution >= 4 is 32.3 Å². The number of halogens is 1. The van der Waals surface area contributed by atoms with Gasteiger partial charge in [0.2, 0.25) is 5.91 Å². The Morgan fingerprint density at radius 1 is 1.00 bits per heavy atom. The zero-order valence-corrected chi connectivity index (χ0v) is 12.2. The molecule has 94 valence electrons. The van der Waals surface area contributed by atoms with Gasteiger partial charge in [-0.2, -0.15) is 0 Å². The minimum atomic E-state index is 0.165. The smallest absolute Gasteiger partial charge is 0.219 e. The largest absolute Gasteiger partial charge is 0.356 e.